The Morgan fingerprint density at radius 1 is 1.23 bits per heavy atom. The number of thiophene rings is 1. The lowest BCUT2D eigenvalue weighted by atomic mass is 10.1. The molecule has 0 spiro atoms. The van der Waals surface area contributed by atoms with Gasteiger partial charge < -0.3 is 10.6 Å². The average molecular weight is 405 g/mol. The van der Waals surface area contributed by atoms with Gasteiger partial charge >= 0.3 is 0 Å². The van der Waals surface area contributed by atoms with E-state index in [1.807, 2.05) is 36.6 Å². The molecule has 0 saturated carbocycles. The summed E-state index contributed by atoms with van der Waals surface area (Å²) >= 11 is 4.49. The second-order valence-electron chi connectivity index (χ2n) is 5.64. The number of amides is 1. The lowest BCUT2D eigenvalue weighted by molar-refractivity contribution is -0.119. The normalized spacial score (nSPS) is 11.9. The maximum atomic E-state index is 12.1. The van der Waals surface area contributed by atoms with Gasteiger partial charge in [0.1, 0.15) is 0 Å². The monoisotopic (exact) mass is 404 g/mol. The van der Waals surface area contributed by atoms with Crippen LogP contribution in [-0.2, 0) is 11.2 Å². The highest BCUT2D eigenvalue weighted by atomic mass is 32.2. The van der Waals surface area contributed by atoms with E-state index in [9.17, 15) is 4.79 Å². The first-order chi connectivity index (χ1) is 12.6. The minimum Gasteiger partial charge on any atom is -0.348 e. The molecule has 0 aliphatic heterocycles. The first-order valence-electron chi connectivity index (χ1n) is 8.29. The lowest BCUT2D eigenvalue weighted by Crippen LogP contribution is -2.27. The maximum absolute atomic E-state index is 12.1. The molecule has 26 heavy (non-hydrogen) atoms. The highest BCUT2D eigenvalue weighted by Crippen LogP contribution is 2.28. The summed E-state index contributed by atoms with van der Waals surface area (Å²) < 4.78 is 0.775. The molecule has 2 N–H and O–H groups in total. The Labute approximate surface area is 165 Å². The number of aromatic nitrogens is 2. The third-order valence-corrected chi connectivity index (χ3v) is 6.72. The van der Waals surface area contributed by atoms with Crippen LogP contribution in [0.15, 0.2) is 46.1 Å². The van der Waals surface area contributed by atoms with Gasteiger partial charge in [-0.05, 0) is 42.5 Å². The quantitative estimate of drug-likeness (QED) is 0.524. The van der Waals surface area contributed by atoms with Gasteiger partial charge in [0.15, 0.2) is 4.34 Å². The predicted octanol–water partition coefficient (Wildman–Crippen LogP) is 4.88. The molecule has 1 atom stereocenters. The van der Waals surface area contributed by atoms with Crippen molar-refractivity contribution in [2.24, 2.45) is 0 Å². The van der Waals surface area contributed by atoms with Gasteiger partial charge in [0.2, 0.25) is 11.0 Å². The maximum Gasteiger partial charge on any atom is 0.230 e. The van der Waals surface area contributed by atoms with E-state index >= 15 is 0 Å². The van der Waals surface area contributed by atoms with E-state index in [1.54, 1.807) is 11.3 Å². The van der Waals surface area contributed by atoms with Gasteiger partial charge in [-0.1, -0.05) is 48.2 Å². The molecule has 0 aliphatic carbocycles. The second kappa shape index (κ2) is 9.16. The molecule has 0 saturated heterocycles. The van der Waals surface area contributed by atoms with Crippen molar-refractivity contribution in [1.29, 1.82) is 0 Å². The topological polar surface area (TPSA) is 66.9 Å². The Morgan fingerprint density at radius 3 is 2.73 bits per heavy atom. The van der Waals surface area contributed by atoms with E-state index in [0.717, 1.165) is 26.5 Å². The van der Waals surface area contributed by atoms with Crippen LogP contribution in [0.5, 0.6) is 0 Å². The molecular formula is C18H20N4OS3. The number of carbonyl (C=O) groups is 1. The minimum atomic E-state index is -0.00392. The number of rotatable bonds is 8. The molecule has 0 unspecified atom stereocenters. The van der Waals surface area contributed by atoms with Crippen molar-refractivity contribution in [3.63, 3.8) is 0 Å². The molecule has 3 aromatic rings. The van der Waals surface area contributed by atoms with Gasteiger partial charge in [0.05, 0.1) is 11.8 Å². The first-order valence-corrected chi connectivity index (χ1v) is 11.0. The highest BCUT2D eigenvalue weighted by Gasteiger charge is 2.12. The largest absolute Gasteiger partial charge is 0.348 e. The Kier molecular flexibility index (Phi) is 6.65. The number of anilines is 2. The van der Waals surface area contributed by atoms with E-state index in [1.165, 1.54) is 28.7 Å². The average Bonchev–Trinajstić information content (AvgIpc) is 3.33. The fourth-order valence-electron chi connectivity index (χ4n) is 2.29. The number of thioether (sulfide) groups is 1. The van der Waals surface area contributed by atoms with Gasteiger partial charge in [-0.15, -0.1) is 21.5 Å². The van der Waals surface area contributed by atoms with Crippen LogP contribution < -0.4 is 10.6 Å². The van der Waals surface area contributed by atoms with Crippen molar-refractivity contribution in [2.75, 3.05) is 11.1 Å². The number of carbonyl (C=O) groups excluding carboxylic acids is 1. The SMILES string of the molecule is CCc1ccc(Nc2nnc(SCC(=O)N[C@@H](C)c3cccs3)s2)cc1. The van der Waals surface area contributed by atoms with Crippen LogP contribution in [0, 0.1) is 0 Å². The molecule has 2 heterocycles. The van der Waals surface area contributed by atoms with E-state index < -0.39 is 0 Å². The molecule has 1 amide bonds. The molecule has 0 aliphatic rings. The molecule has 8 heteroatoms. The molecule has 5 nitrogen and oxygen atoms in total. The van der Waals surface area contributed by atoms with Gasteiger partial charge in [-0.25, -0.2) is 0 Å². The summed E-state index contributed by atoms with van der Waals surface area (Å²) in [6.45, 7) is 4.12. The predicted molar refractivity (Wildman–Crippen MR) is 111 cm³/mol. The van der Waals surface area contributed by atoms with Crippen molar-refractivity contribution in [2.45, 2.75) is 30.6 Å². The molecule has 3 rings (SSSR count). The van der Waals surface area contributed by atoms with Crippen LogP contribution in [0.25, 0.3) is 0 Å². The van der Waals surface area contributed by atoms with Gasteiger partial charge in [0.25, 0.3) is 0 Å². The van der Waals surface area contributed by atoms with Gasteiger partial charge in [0, 0.05) is 10.6 Å². The standard InChI is InChI=1S/C18H20N4OS3/c1-3-13-6-8-14(9-7-13)20-17-21-22-18(26-17)25-11-16(23)19-12(2)15-5-4-10-24-15/h4-10,12H,3,11H2,1-2H3,(H,19,23)(H,20,21)/t12-/m0/s1. The second-order valence-corrected chi connectivity index (χ2v) is 8.82. The van der Waals surface area contributed by atoms with E-state index in [2.05, 4.69) is 39.9 Å². The fourth-order valence-corrected chi connectivity index (χ4v) is 4.60. The smallest absolute Gasteiger partial charge is 0.230 e. The summed E-state index contributed by atoms with van der Waals surface area (Å²) in [5.74, 6) is 0.325. The molecule has 0 bridgehead atoms. The van der Waals surface area contributed by atoms with Crippen molar-refractivity contribution >= 4 is 51.2 Å². The Bertz CT molecular complexity index is 831. The van der Waals surface area contributed by atoms with Gasteiger partial charge in [-0.2, -0.15) is 0 Å². The van der Waals surface area contributed by atoms with Gasteiger partial charge in [-0.3, -0.25) is 4.79 Å². The van der Waals surface area contributed by atoms with E-state index in [0.29, 0.717) is 5.75 Å². The lowest BCUT2D eigenvalue weighted by Gasteiger charge is -2.11. The molecule has 136 valence electrons. The molecular weight excluding hydrogens is 384 g/mol. The van der Waals surface area contributed by atoms with Crippen LogP contribution in [0.3, 0.4) is 0 Å². The van der Waals surface area contributed by atoms with E-state index in [4.69, 9.17) is 0 Å². The Hall–Kier alpha value is -1.90. The summed E-state index contributed by atoms with van der Waals surface area (Å²) in [5, 5.41) is 17.3. The number of nitrogens with one attached hydrogen (secondary N) is 2. The zero-order chi connectivity index (χ0) is 18.4. The number of hydrogen-bond donors (Lipinski definition) is 2. The zero-order valence-corrected chi connectivity index (χ0v) is 17.0. The highest BCUT2D eigenvalue weighted by molar-refractivity contribution is 8.01. The molecule has 0 radical (unpaired) electrons. The summed E-state index contributed by atoms with van der Waals surface area (Å²) in [7, 11) is 0. The number of nitrogens with zero attached hydrogens (tertiary/aromatic N) is 2. The summed E-state index contributed by atoms with van der Waals surface area (Å²) in [4.78, 5) is 13.2. The van der Waals surface area contributed by atoms with Crippen LogP contribution >= 0.6 is 34.4 Å². The van der Waals surface area contributed by atoms with Crippen LogP contribution in [-0.4, -0.2) is 21.9 Å². The fraction of sp³-hybridized carbons (Fsp3) is 0.278. The molecule has 0 fully saturated rings. The van der Waals surface area contributed by atoms with Crippen molar-refractivity contribution < 1.29 is 4.79 Å². The minimum absolute atomic E-state index is 0.00392. The third kappa shape index (κ3) is 5.30. The summed E-state index contributed by atoms with van der Waals surface area (Å²) in [6, 6.07) is 12.3. The van der Waals surface area contributed by atoms with Crippen LogP contribution in [0.2, 0.25) is 0 Å². The van der Waals surface area contributed by atoms with Crippen molar-refractivity contribution in [1.82, 2.24) is 15.5 Å². The third-order valence-electron chi connectivity index (χ3n) is 3.69. The Balaban J connectivity index is 1.47. The first kappa shape index (κ1) is 18.9. The number of aryl methyl sites for hydroxylation is 1. The number of hydrogen-bond acceptors (Lipinski definition) is 7. The van der Waals surface area contributed by atoms with Crippen LogP contribution in [0.1, 0.15) is 30.3 Å². The number of benzene rings is 1. The summed E-state index contributed by atoms with van der Waals surface area (Å²) in [6.07, 6.45) is 1.02. The van der Waals surface area contributed by atoms with Crippen molar-refractivity contribution in [3.05, 3.63) is 52.2 Å². The van der Waals surface area contributed by atoms with E-state index in [-0.39, 0.29) is 11.9 Å². The zero-order valence-electron chi connectivity index (χ0n) is 14.6. The Morgan fingerprint density at radius 2 is 2.04 bits per heavy atom. The van der Waals surface area contributed by atoms with Crippen molar-refractivity contribution in [3.8, 4) is 0 Å². The molecule has 2 aromatic heterocycles. The summed E-state index contributed by atoms with van der Waals surface area (Å²) in [5.41, 5.74) is 2.28. The molecule has 1 aromatic carbocycles. The van der Waals surface area contributed by atoms with Crippen LogP contribution in [0.4, 0.5) is 10.8 Å².